The molecule has 1 aromatic rings. The average Bonchev–Trinajstić information content (AvgIpc) is 2.75. The van der Waals surface area contributed by atoms with Gasteiger partial charge in [0.1, 0.15) is 6.10 Å². The number of aliphatic hydroxyl groups is 1. The molecular formula is C12H9NO3. The maximum atomic E-state index is 10.8. The van der Waals surface area contributed by atoms with Gasteiger partial charge in [-0.05, 0) is 23.8 Å². The fourth-order valence-electron chi connectivity index (χ4n) is 1.50. The van der Waals surface area contributed by atoms with E-state index in [0.717, 1.165) is 0 Å². The predicted octanol–water partition coefficient (Wildman–Crippen LogP) is 1.07. The van der Waals surface area contributed by atoms with Crippen LogP contribution in [0.3, 0.4) is 0 Å². The molecule has 1 aliphatic rings. The average molecular weight is 215 g/mol. The molecule has 1 heterocycles. The maximum absolute atomic E-state index is 10.8. The van der Waals surface area contributed by atoms with Gasteiger partial charge in [-0.3, -0.25) is 0 Å². The van der Waals surface area contributed by atoms with Gasteiger partial charge >= 0.3 is 5.97 Å². The van der Waals surface area contributed by atoms with Crippen molar-refractivity contribution in [2.75, 3.05) is 0 Å². The number of esters is 1. The number of hydrogen-bond donors (Lipinski definition) is 1. The number of cyclic esters (lactones) is 1. The summed E-state index contributed by atoms with van der Waals surface area (Å²) in [4.78, 5) is 10.8. The lowest BCUT2D eigenvalue weighted by molar-refractivity contribution is -0.142. The molecule has 2 rings (SSSR count). The highest BCUT2D eigenvalue weighted by atomic mass is 16.6. The molecule has 0 bridgehead atoms. The minimum Gasteiger partial charge on any atom is -0.452 e. The summed E-state index contributed by atoms with van der Waals surface area (Å²) in [6.07, 6.45) is 1.28. The van der Waals surface area contributed by atoms with Gasteiger partial charge in [0.15, 0.2) is 6.10 Å². The van der Waals surface area contributed by atoms with Crippen LogP contribution < -0.4 is 0 Å². The van der Waals surface area contributed by atoms with Gasteiger partial charge in [0.05, 0.1) is 11.6 Å². The normalized spacial score (nSPS) is 20.2. The lowest BCUT2D eigenvalue weighted by atomic mass is 10.0. The van der Waals surface area contributed by atoms with Crippen molar-refractivity contribution in [3.63, 3.8) is 0 Å². The third kappa shape index (κ3) is 1.95. The summed E-state index contributed by atoms with van der Waals surface area (Å²) in [5.41, 5.74) is 1.14. The first-order chi connectivity index (χ1) is 7.70. The molecule has 2 atom stereocenters. The molecule has 2 unspecified atom stereocenters. The molecule has 4 nitrogen and oxygen atoms in total. The fourth-order valence-corrected chi connectivity index (χ4v) is 1.50. The number of nitriles is 1. The highest BCUT2D eigenvalue weighted by Crippen LogP contribution is 2.23. The minimum absolute atomic E-state index is 0.447. The summed E-state index contributed by atoms with van der Waals surface area (Å²) in [5, 5.41) is 18.5. The third-order valence-corrected chi connectivity index (χ3v) is 2.37. The molecule has 80 valence electrons. The van der Waals surface area contributed by atoms with Crippen LogP contribution in [0, 0.1) is 11.3 Å². The topological polar surface area (TPSA) is 70.3 Å². The Morgan fingerprint density at radius 2 is 2.06 bits per heavy atom. The van der Waals surface area contributed by atoms with Gasteiger partial charge in [-0.15, -0.1) is 0 Å². The Bertz CT molecular complexity index is 470. The highest BCUT2D eigenvalue weighted by molar-refractivity contribution is 5.84. The van der Waals surface area contributed by atoms with E-state index < -0.39 is 18.2 Å². The van der Waals surface area contributed by atoms with Crippen LogP contribution in [0.1, 0.15) is 17.2 Å². The quantitative estimate of drug-likeness (QED) is 0.749. The molecule has 16 heavy (non-hydrogen) atoms. The van der Waals surface area contributed by atoms with Crippen LogP contribution in [0.4, 0.5) is 0 Å². The molecule has 1 N–H and O–H groups in total. The van der Waals surface area contributed by atoms with Crippen LogP contribution in [-0.2, 0) is 9.53 Å². The van der Waals surface area contributed by atoms with Crippen LogP contribution >= 0.6 is 0 Å². The Balaban J connectivity index is 2.15. The van der Waals surface area contributed by atoms with E-state index in [-0.39, 0.29) is 0 Å². The van der Waals surface area contributed by atoms with Crippen LogP contribution in [0.2, 0.25) is 0 Å². The Hall–Kier alpha value is -2.12. The lowest BCUT2D eigenvalue weighted by Gasteiger charge is -2.16. The van der Waals surface area contributed by atoms with Gasteiger partial charge in [0, 0.05) is 6.08 Å². The zero-order chi connectivity index (χ0) is 11.5. The van der Waals surface area contributed by atoms with Crippen molar-refractivity contribution in [3.05, 3.63) is 47.5 Å². The molecule has 0 aromatic heterocycles. The zero-order valence-corrected chi connectivity index (χ0v) is 8.33. The van der Waals surface area contributed by atoms with Gasteiger partial charge in [-0.2, -0.15) is 5.26 Å². The smallest absolute Gasteiger partial charge is 0.331 e. The second-order valence-electron chi connectivity index (χ2n) is 3.44. The second-order valence-corrected chi connectivity index (χ2v) is 3.44. The monoisotopic (exact) mass is 215 g/mol. The van der Waals surface area contributed by atoms with E-state index in [1.54, 1.807) is 24.3 Å². The SMILES string of the molecule is N#Cc1ccc(C(O)C2C=CC(=O)O2)cc1. The minimum atomic E-state index is -0.893. The third-order valence-electron chi connectivity index (χ3n) is 2.37. The van der Waals surface area contributed by atoms with Crippen molar-refractivity contribution < 1.29 is 14.6 Å². The summed E-state index contributed by atoms with van der Waals surface area (Å²) in [5.74, 6) is -0.447. The number of rotatable bonds is 2. The number of carbonyl (C=O) groups excluding carboxylic acids is 1. The summed E-state index contributed by atoms with van der Waals surface area (Å²) < 4.78 is 4.87. The first kappa shape index (κ1) is 10.4. The van der Waals surface area contributed by atoms with E-state index in [4.69, 9.17) is 10.00 Å². The van der Waals surface area contributed by atoms with Crippen molar-refractivity contribution in [2.24, 2.45) is 0 Å². The van der Waals surface area contributed by atoms with E-state index in [2.05, 4.69) is 0 Å². The molecule has 1 aromatic carbocycles. The Morgan fingerprint density at radius 3 is 2.56 bits per heavy atom. The van der Waals surface area contributed by atoms with Gasteiger partial charge in [-0.1, -0.05) is 12.1 Å². The molecule has 0 radical (unpaired) electrons. The lowest BCUT2D eigenvalue weighted by Crippen LogP contribution is -2.18. The molecular weight excluding hydrogens is 206 g/mol. The summed E-state index contributed by atoms with van der Waals surface area (Å²) >= 11 is 0. The molecule has 1 aliphatic heterocycles. The summed E-state index contributed by atoms with van der Waals surface area (Å²) in [6.45, 7) is 0. The van der Waals surface area contributed by atoms with E-state index >= 15 is 0 Å². The Labute approximate surface area is 92.4 Å². The highest BCUT2D eigenvalue weighted by Gasteiger charge is 2.25. The van der Waals surface area contributed by atoms with E-state index in [9.17, 15) is 9.90 Å². The predicted molar refractivity (Wildman–Crippen MR) is 55.1 cm³/mol. The largest absolute Gasteiger partial charge is 0.452 e. The molecule has 0 aliphatic carbocycles. The van der Waals surface area contributed by atoms with E-state index in [0.29, 0.717) is 11.1 Å². The van der Waals surface area contributed by atoms with Crippen molar-refractivity contribution in [1.29, 1.82) is 5.26 Å². The first-order valence-corrected chi connectivity index (χ1v) is 4.77. The standard InChI is InChI=1S/C12H9NO3/c13-7-8-1-3-9(4-2-8)12(15)10-5-6-11(14)16-10/h1-6,10,12,15H. The molecule has 0 saturated carbocycles. The molecule has 0 spiro atoms. The molecule has 0 saturated heterocycles. The van der Waals surface area contributed by atoms with Gasteiger partial charge in [-0.25, -0.2) is 4.79 Å². The number of carbonyl (C=O) groups is 1. The van der Waals surface area contributed by atoms with Gasteiger partial charge in [0.2, 0.25) is 0 Å². The Morgan fingerprint density at radius 1 is 1.38 bits per heavy atom. The maximum Gasteiger partial charge on any atom is 0.331 e. The van der Waals surface area contributed by atoms with Crippen molar-refractivity contribution in [3.8, 4) is 6.07 Å². The van der Waals surface area contributed by atoms with Crippen LogP contribution in [-0.4, -0.2) is 17.2 Å². The number of hydrogen-bond acceptors (Lipinski definition) is 4. The summed E-state index contributed by atoms with van der Waals surface area (Å²) in [6, 6.07) is 8.49. The van der Waals surface area contributed by atoms with Crippen molar-refractivity contribution in [1.82, 2.24) is 0 Å². The van der Waals surface area contributed by atoms with Crippen LogP contribution in [0.25, 0.3) is 0 Å². The van der Waals surface area contributed by atoms with Gasteiger partial charge < -0.3 is 9.84 Å². The summed E-state index contributed by atoms with van der Waals surface area (Å²) in [7, 11) is 0. The van der Waals surface area contributed by atoms with Crippen LogP contribution in [0.5, 0.6) is 0 Å². The fraction of sp³-hybridized carbons (Fsp3) is 0.167. The number of ether oxygens (including phenoxy) is 1. The molecule has 4 heteroatoms. The molecule has 0 amide bonds. The van der Waals surface area contributed by atoms with E-state index in [1.165, 1.54) is 12.2 Å². The van der Waals surface area contributed by atoms with Gasteiger partial charge in [0.25, 0.3) is 0 Å². The van der Waals surface area contributed by atoms with Crippen molar-refractivity contribution in [2.45, 2.75) is 12.2 Å². The van der Waals surface area contributed by atoms with Crippen molar-refractivity contribution >= 4 is 5.97 Å². The Kier molecular flexibility index (Phi) is 2.71. The number of benzene rings is 1. The first-order valence-electron chi connectivity index (χ1n) is 4.77. The van der Waals surface area contributed by atoms with E-state index in [1.807, 2.05) is 6.07 Å². The zero-order valence-electron chi connectivity index (χ0n) is 8.33. The number of aliphatic hydroxyl groups excluding tert-OH is 1. The second kappa shape index (κ2) is 4.17. The molecule has 0 fully saturated rings. The number of nitrogens with zero attached hydrogens (tertiary/aromatic N) is 1. The van der Waals surface area contributed by atoms with Crippen LogP contribution in [0.15, 0.2) is 36.4 Å².